The summed E-state index contributed by atoms with van der Waals surface area (Å²) in [5.74, 6) is -0.494. The van der Waals surface area contributed by atoms with Gasteiger partial charge in [0, 0.05) is 34.4 Å². The van der Waals surface area contributed by atoms with E-state index in [1.165, 1.54) is 0 Å². The van der Waals surface area contributed by atoms with E-state index in [1.807, 2.05) is 13.8 Å². The second-order valence-electron chi connectivity index (χ2n) is 7.59. The maximum atomic E-state index is 12.2. The molecule has 1 aromatic heterocycles. The molecule has 0 spiro atoms. The van der Waals surface area contributed by atoms with Crippen molar-refractivity contribution in [1.82, 2.24) is 0 Å². The number of aliphatic hydroxyl groups excluding tert-OH is 1. The lowest BCUT2D eigenvalue weighted by Gasteiger charge is -2.31. The fourth-order valence-electron chi connectivity index (χ4n) is 3.91. The topological polar surface area (TPSA) is 86.0 Å². The maximum Gasteiger partial charge on any atom is 0.333 e. The fraction of sp³-hybridized carbons (Fsp3) is 0.478. The monoisotopic (exact) mass is 400 g/mol. The lowest BCUT2D eigenvalue weighted by atomic mass is 9.77. The molecule has 6 nitrogen and oxygen atoms in total. The van der Waals surface area contributed by atoms with Gasteiger partial charge in [0.05, 0.1) is 12.4 Å². The van der Waals surface area contributed by atoms with E-state index in [9.17, 15) is 14.7 Å². The zero-order valence-electron chi connectivity index (χ0n) is 17.6. The van der Waals surface area contributed by atoms with E-state index in [4.69, 9.17) is 13.9 Å². The summed E-state index contributed by atoms with van der Waals surface area (Å²) >= 11 is 0. The number of ether oxygens (including phenoxy) is 2. The Hall–Kier alpha value is -2.60. The molecule has 1 aromatic carbocycles. The van der Waals surface area contributed by atoms with E-state index in [-0.39, 0.29) is 30.9 Å². The molecule has 3 rings (SSSR count). The van der Waals surface area contributed by atoms with Crippen LogP contribution in [0, 0.1) is 6.92 Å². The number of esters is 2. The quantitative estimate of drug-likeness (QED) is 0.453. The van der Waals surface area contributed by atoms with Crippen molar-refractivity contribution in [2.45, 2.75) is 72.5 Å². The van der Waals surface area contributed by atoms with Gasteiger partial charge >= 0.3 is 11.9 Å². The smallest absolute Gasteiger partial charge is 0.333 e. The van der Waals surface area contributed by atoms with Crippen LogP contribution in [0.3, 0.4) is 0 Å². The molecular formula is C23H28O6. The molecule has 1 heterocycles. The number of benzene rings is 1. The summed E-state index contributed by atoms with van der Waals surface area (Å²) in [5.41, 5.74) is 4.41. The maximum absolute atomic E-state index is 12.2. The van der Waals surface area contributed by atoms with Gasteiger partial charge in [-0.25, -0.2) is 4.79 Å². The number of rotatable bonds is 5. The highest BCUT2D eigenvalue weighted by Crippen LogP contribution is 2.46. The van der Waals surface area contributed by atoms with Crippen molar-refractivity contribution in [3.8, 4) is 5.75 Å². The van der Waals surface area contributed by atoms with Crippen LogP contribution in [-0.2, 0) is 27.4 Å². The summed E-state index contributed by atoms with van der Waals surface area (Å²) in [6.45, 7) is 9.13. The van der Waals surface area contributed by atoms with Gasteiger partial charge in [-0.1, -0.05) is 19.9 Å². The number of carbonyl (C=O) groups is 2. The van der Waals surface area contributed by atoms with Crippen LogP contribution in [0.15, 0.2) is 22.3 Å². The first-order valence-corrected chi connectivity index (χ1v) is 10.0. The van der Waals surface area contributed by atoms with Crippen LogP contribution in [0.4, 0.5) is 0 Å². The van der Waals surface area contributed by atoms with Crippen LogP contribution >= 0.6 is 0 Å². The van der Waals surface area contributed by atoms with Gasteiger partial charge in [0.1, 0.15) is 6.61 Å². The van der Waals surface area contributed by atoms with E-state index < -0.39 is 6.10 Å². The lowest BCUT2D eigenvalue weighted by Crippen LogP contribution is -2.26. The first-order chi connectivity index (χ1) is 13.8. The molecule has 2 unspecified atom stereocenters. The van der Waals surface area contributed by atoms with Crippen molar-refractivity contribution >= 4 is 22.9 Å². The Balaban J connectivity index is 2.21. The molecule has 0 radical (unpaired) electrons. The minimum Gasteiger partial charge on any atom is -0.460 e. The minimum atomic E-state index is -0.520. The summed E-state index contributed by atoms with van der Waals surface area (Å²) in [7, 11) is 0. The van der Waals surface area contributed by atoms with Crippen LogP contribution in [0.2, 0.25) is 0 Å². The third-order valence-corrected chi connectivity index (χ3v) is 5.74. The van der Waals surface area contributed by atoms with Crippen molar-refractivity contribution in [1.29, 1.82) is 0 Å². The Morgan fingerprint density at radius 3 is 2.76 bits per heavy atom. The molecule has 0 saturated heterocycles. The van der Waals surface area contributed by atoms with Crippen molar-refractivity contribution in [2.75, 3.05) is 0 Å². The highest BCUT2D eigenvalue weighted by molar-refractivity contribution is 5.94. The second kappa shape index (κ2) is 8.41. The summed E-state index contributed by atoms with van der Waals surface area (Å²) < 4.78 is 17.0. The van der Waals surface area contributed by atoms with E-state index in [0.29, 0.717) is 29.7 Å². The first kappa shape index (κ1) is 21.1. The van der Waals surface area contributed by atoms with Gasteiger partial charge in [0.15, 0.2) is 11.3 Å². The van der Waals surface area contributed by atoms with Gasteiger partial charge in [-0.2, -0.15) is 0 Å². The molecule has 6 heteroatoms. The molecule has 1 aliphatic rings. The fourth-order valence-corrected chi connectivity index (χ4v) is 3.91. The van der Waals surface area contributed by atoms with Crippen molar-refractivity contribution in [2.24, 2.45) is 0 Å². The highest BCUT2D eigenvalue weighted by Gasteiger charge is 2.34. The largest absolute Gasteiger partial charge is 0.460 e. The summed E-state index contributed by atoms with van der Waals surface area (Å²) in [4.78, 5) is 24.3. The number of carbonyl (C=O) groups excluding carboxylic acids is 2. The van der Waals surface area contributed by atoms with Gasteiger partial charge in [0.25, 0.3) is 0 Å². The normalized spacial score (nSPS) is 19.2. The average Bonchev–Trinajstić information content (AvgIpc) is 3.10. The van der Waals surface area contributed by atoms with E-state index in [1.54, 1.807) is 33.1 Å². The van der Waals surface area contributed by atoms with Crippen molar-refractivity contribution in [3.63, 3.8) is 0 Å². The number of hydrogen-bond donors (Lipinski definition) is 1. The van der Waals surface area contributed by atoms with E-state index in [0.717, 1.165) is 27.6 Å². The van der Waals surface area contributed by atoms with Gasteiger partial charge in [-0.15, -0.1) is 0 Å². The number of aliphatic hydroxyl groups is 1. The minimum absolute atomic E-state index is 0.0578. The van der Waals surface area contributed by atoms with Crippen LogP contribution in [0.5, 0.6) is 5.75 Å². The van der Waals surface area contributed by atoms with Gasteiger partial charge in [-0.05, 0) is 44.7 Å². The zero-order chi connectivity index (χ0) is 21.3. The SMILES string of the molecule is CC=C(C)C(=O)OCc1c2c(c(OC(=O)CC)c3occ(C)c13)CCC(O)C2C. The number of furan rings is 1. The predicted octanol–water partition coefficient (Wildman–Crippen LogP) is 4.48. The highest BCUT2D eigenvalue weighted by atomic mass is 16.5. The summed E-state index contributed by atoms with van der Waals surface area (Å²) in [6.07, 6.45) is 4.16. The molecule has 0 aliphatic heterocycles. The molecule has 156 valence electrons. The van der Waals surface area contributed by atoms with E-state index in [2.05, 4.69) is 0 Å². The van der Waals surface area contributed by atoms with E-state index >= 15 is 0 Å². The first-order valence-electron chi connectivity index (χ1n) is 10.0. The molecule has 0 bridgehead atoms. The Bertz CT molecular complexity index is 981. The lowest BCUT2D eigenvalue weighted by molar-refractivity contribution is -0.140. The molecule has 2 atom stereocenters. The number of aryl methyl sites for hydroxylation is 1. The van der Waals surface area contributed by atoms with Crippen LogP contribution in [0.1, 0.15) is 68.7 Å². The molecule has 2 aromatic rings. The summed E-state index contributed by atoms with van der Waals surface area (Å²) in [6, 6.07) is 0. The Kier molecular flexibility index (Phi) is 6.13. The molecule has 1 N–H and O–H groups in total. The Morgan fingerprint density at radius 1 is 1.38 bits per heavy atom. The molecule has 0 fully saturated rings. The van der Waals surface area contributed by atoms with Crippen LogP contribution in [-0.4, -0.2) is 23.1 Å². The number of hydrogen-bond acceptors (Lipinski definition) is 6. The Labute approximate surface area is 170 Å². The van der Waals surface area contributed by atoms with Gasteiger partial charge in [0.2, 0.25) is 0 Å². The molecule has 1 aliphatic carbocycles. The van der Waals surface area contributed by atoms with Gasteiger partial charge < -0.3 is 19.0 Å². The number of allylic oxidation sites excluding steroid dienone is 1. The van der Waals surface area contributed by atoms with Gasteiger partial charge in [-0.3, -0.25) is 4.79 Å². The average molecular weight is 400 g/mol. The molecule has 0 saturated carbocycles. The third kappa shape index (κ3) is 3.81. The predicted molar refractivity (Wildman–Crippen MR) is 109 cm³/mol. The zero-order valence-corrected chi connectivity index (χ0v) is 17.6. The van der Waals surface area contributed by atoms with Crippen molar-refractivity contribution < 1.29 is 28.6 Å². The molecular weight excluding hydrogens is 372 g/mol. The molecule has 0 amide bonds. The second-order valence-corrected chi connectivity index (χ2v) is 7.59. The Morgan fingerprint density at radius 2 is 2.10 bits per heavy atom. The van der Waals surface area contributed by atoms with Crippen LogP contribution < -0.4 is 4.74 Å². The third-order valence-electron chi connectivity index (χ3n) is 5.74. The van der Waals surface area contributed by atoms with Crippen molar-refractivity contribution in [3.05, 3.63) is 40.2 Å². The molecule has 29 heavy (non-hydrogen) atoms. The summed E-state index contributed by atoms with van der Waals surface area (Å²) in [5, 5.41) is 11.3. The number of fused-ring (bicyclic) bond motifs is 2. The van der Waals surface area contributed by atoms with Crippen LogP contribution in [0.25, 0.3) is 11.0 Å². The standard InChI is InChI=1S/C23H28O6/c1-6-12(3)23(26)28-11-16-19-13(4)10-27-22(19)21(29-18(25)7-2)15-8-9-17(24)14(5)20(15)16/h6,10,14,17,24H,7-9,11H2,1-5H3.